The van der Waals surface area contributed by atoms with Gasteiger partial charge in [0.1, 0.15) is 0 Å². The molecule has 0 aliphatic heterocycles. The Bertz CT molecular complexity index is 816. The predicted molar refractivity (Wildman–Crippen MR) is 84.5 cm³/mol. The molecule has 2 aromatic rings. The number of hydrogen-bond acceptors (Lipinski definition) is 7. The van der Waals surface area contributed by atoms with E-state index in [0.717, 1.165) is 10.7 Å². The second kappa shape index (κ2) is 7.49. The van der Waals surface area contributed by atoms with Gasteiger partial charge in [-0.3, -0.25) is 0 Å². The number of tetrazole rings is 1. The molecule has 9 nitrogen and oxygen atoms in total. The van der Waals surface area contributed by atoms with Crippen molar-refractivity contribution < 1.29 is 17.9 Å². The van der Waals surface area contributed by atoms with Gasteiger partial charge in [-0.2, -0.15) is 0 Å². The van der Waals surface area contributed by atoms with Gasteiger partial charge in [-0.1, -0.05) is 13.0 Å². The van der Waals surface area contributed by atoms with Gasteiger partial charge in [0.05, 0.1) is 10.5 Å². The molecule has 130 valence electrons. The van der Waals surface area contributed by atoms with Crippen LogP contribution in [0.2, 0.25) is 0 Å². The highest BCUT2D eigenvalue weighted by atomic mass is 32.2. The molecule has 0 bridgehead atoms. The Kier molecular flexibility index (Phi) is 5.62. The van der Waals surface area contributed by atoms with Crippen LogP contribution in [0.5, 0.6) is 0 Å². The molecule has 10 heteroatoms. The Morgan fingerprint density at radius 1 is 1.33 bits per heavy atom. The number of carbonyl (C=O) groups is 1. The third kappa shape index (κ3) is 3.95. The zero-order valence-electron chi connectivity index (χ0n) is 13.7. The molecule has 0 N–H and O–H groups in total. The van der Waals surface area contributed by atoms with Gasteiger partial charge in [0.15, 0.2) is 12.4 Å². The lowest BCUT2D eigenvalue weighted by molar-refractivity contribution is 0.0456. The first-order valence-electron chi connectivity index (χ1n) is 7.31. The van der Waals surface area contributed by atoms with Gasteiger partial charge in [-0.05, 0) is 35.0 Å². The molecule has 0 fully saturated rings. The summed E-state index contributed by atoms with van der Waals surface area (Å²) in [4.78, 5) is 12.2. The van der Waals surface area contributed by atoms with Crippen LogP contribution in [0.25, 0.3) is 0 Å². The molecule has 0 saturated carbocycles. The second-order valence-electron chi connectivity index (χ2n) is 5.21. The molecule has 1 aromatic heterocycles. The van der Waals surface area contributed by atoms with E-state index in [9.17, 15) is 13.2 Å². The van der Waals surface area contributed by atoms with E-state index in [2.05, 4.69) is 15.5 Å². The molecule has 0 amide bonds. The first kappa shape index (κ1) is 18.0. The van der Waals surface area contributed by atoms with Gasteiger partial charge in [0, 0.05) is 20.6 Å². The molecular weight excluding hydrogens is 334 g/mol. The first-order valence-corrected chi connectivity index (χ1v) is 8.75. The van der Waals surface area contributed by atoms with Crippen LogP contribution in [0.15, 0.2) is 29.2 Å². The number of esters is 1. The minimum atomic E-state index is -3.62. The number of ether oxygens (including phenoxy) is 1. The van der Waals surface area contributed by atoms with E-state index >= 15 is 0 Å². The van der Waals surface area contributed by atoms with Crippen molar-refractivity contribution in [3.05, 3.63) is 35.7 Å². The lowest BCUT2D eigenvalue weighted by atomic mass is 10.2. The van der Waals surface area contributed by atoms with Gasteiger partial charge in [-0.15, -0.1) is 5.10 Å². The third-order valence-corrected chi connectivity index (χ3v) is 5.03. The molecule has 0 radical (unpaired) electrons. The molecule has 2 rings (SSSR count). The van der Waals surface area contributed by atoms with Crippen molar-refractivity contribution in [3.8, 4) is 0 Å². The van der Waals surface area contributed by atoms with Crippen molar-refractivity contribution in [3.63, 3.8) is 0 Å². The van der Waals surface area contributed by atoms with Crippen molar-refractivity contribution in [2.75, 3.05) is 14.1 Å². The van der Waals surface area contributed by atoms with E-state index in [1.807, 2.05) is 6.92 Å². The average Bonchev–Trinajstić information content (AvgIpc) is 3.00. The minimum Gasteiger partial charge on any atom is -0.454 e. The molecule has 0 aliphatic rings. The van der Waals surface area contributed by atoms with E-state index in [1.54, 1.807) is 4.68 Å². The molecule has 1 aromatic carbocycles. The second-order valence-corrected chi connectivity index (χ2v) is 7.36. The van der Waals surface area contributed by atoms with Gasteiger partial charge >= 0.3 is 5.97 Å². The van der Waals surface area contributed by atoms with Gasteiger partial charge in [0.25, 0.3) is 0 Å². The van der Waals surface area contributed by atoms with Gasteiger partial charge in [-0.25, -0.2) is 22.2 Å². The first-order chi connectivity index (χ1) is 11.4. The van der Waals surface area contributed by atoms with Crippen molar-refractivity contribution in [2.24, 2.45) is 0 Å². The Hall–Kier alpha value is -2.33. The van der Waals surface area contributed by atoms with Crippen molar-refractivity contribution in [1.82, 2.24) is 24.5 Å². The van der Waals surface area contributed by atoms with E-state index in [-0.39, 0.29) is 17.1 Å². The Labute approximate surface area is 140 Å². The highest BCUT2D eigenvalue weighted by Crippen LogP contribution is 2.15. The van der Waals surface area contributed by atoms with E-state index in [1.165, 1.54) is 38.4 Å². The maximum Gasteiger partial charge on any atom is 0.338 e. The Morgan fingerprint density at radius 2 is 2.08 bits per heavy atom. The number of sulfonamides is 1. The quantitative estimate of drug-likeness (QED) is 0.674. The van der Waals surface area contributed by atoms with Crippen LogP contribution in [0.3, 0.4) is 0 Å². The fourth-order valence-corrected chi connectivity index (χ4v) is 2.87. The van der Waals surface area contributed by atoms with Crippen molar-refractivity contribution in [1.29, 1.82) is 0 Å². The molecule has 0 spiro atoms. The predicted octanol–water partition coefficient (Wildman–Crippen LogP) is 0.690. The number of aryl methyl sites for hydroxylation is 1. The monoisotopic (exact) mass is 353 g/mol. The van der Waals surface area contributed by atoms with E-state index in [4.69, 9.17) is 4.74 Å². The smallest absolute Gasteiger partial charge is 0.338 e. The molecule has 0 atom stereocenters. The van der Waals surface area contributed by atoms with Crippen LogP contribution < -0.4 is 0 Å². The van der Waals surface area contributed by atoms with Crippen LogP contribution >= 0.6 is 0 Å². The summed E-state index contributed by atoms with van der Waals surface area (Å²) in [6.45, 7) is 2.51. The Morgan fingerprint density at radius 3 is 2.75 bits per heavy atom. The van der Waals surface area contributed by atoms with Crippen LogP contribution in [0.4, 0.5) is 0 Å². The zero-order chi connectivity index (χ0) is 17.7. The summed E-state index contributed by atoms with van der Waals surface area (Å²) in [5.41, 5.74) is 0.146. The van der Waals surface area contributed by atoms with Crippen LogP contribution in [-0.2, 0) is 27.9 Å². The number of nitrogens with zero attached hydrogens (tertiary/aromatic N) is 5. The maximum absolute atomic E-state index is 12.1. The van der Waals surface area contributed by atoms with Crippen LogP contribution in [0, 0.1) is 0 Å². The number of hydrogen-bond donors (Lipinski definition) is 0. The molecule has 1 heterocycles. The highest BCUT2D eigenvalue weighted by molar-refractivity contribution is 7.89. The molecule has 0 unspecified atom stereocenters. The van der Waals surface area contributed by atoms with Crippen molar-refractivity contribution in [2.45, 2.75) is 31.4 Å². The number of aromatic nitrogens is 4. The van der Waals surface area contributed by atoms with Gasteiger partial charge in [0.2, 0.25) is 10.0 Å². The third-order valence-electron chi connectivity index (χ3n) is 3.22. The topological polar surface area (TPSA) is 107 Å². The van der Waals surface area contributed by atoms with Crippen LogP contribution in [0.1, 0.15) is 29.5 Å². The fraction of sp³-hybridized carbons (Fsp3) is 0.429. The summed E-state index contributed by atoms with van der Waals surface area (Å²) in [5, 5.41) is 11.1. The zero-order valence-corrected chi connectivity index (χ0v) is 14.5. The van der Waals surface area contributed by atoms with E-state index < -0.39 is 16.0 Å². The number of rotatable bonds is 7. The summed E-state index contributed by atoms with van der Waals surface area (Å²) >= 11 is 0. The summed E-state index contributed by atoms with van der Waals surface area (Å²) in [6.07, 6.45) is 0.844. The number of benzene rings is 1. The van der Waals surface area contributed by atoms with Crippen LogP contribution in [-0.4, -0.2) is 53.0 Å². The minimum absolute atomic E-state index is 0.0257. The lowest BCUT2D eigenvalue weighted by Crippen LogP contribution is -2.22. The lowest BCUT2D eigenvalue weighted by Gasteiger charge is -2.12. The fourth-order valence-electron chi connectivity index (χ4n) is 1.92. The summed E-state index contributed by atoms with van der Waals surface area (Å²) in [5.74, 6) is -0.209. The standard InChI is InChI=1S/C14H19N5O4S/c1-4-8-19-13(15-16-17-19)10-23-14(20)11-6-5-7-12(9-11)24(21,22)18(2)3/h5-7,9H,4,8,10H2,1-3H3. The van der Waals surface area contributed by atoms with E-state index in [0.29, 0.717) is 12.4 Å². The molecular formula is C14H19N5O4S. The summed E-state index contributed by atoms with van der Waals surface area (Å²) in [6, 6.07) is 5.70. The number of carbonyl (C=O) groups excluding carboxylic acids is 1. The molecule has 0 saturated heterocycles. The van der Waals surface area contributed by atoms with Gasteiger partial charge < -0.3 is 4.74 Å². The normalized spacial score (nSPS) is 11.7. The average molecular weight is 353 g/mol. The maximum atomic E-state index is 12.1. The Balaban J connectivity index is 2.12. The van der Waals surface area contributed by atoms with Crippen molar-refractivity contribution >= 4 is 16.0 Å². The summed E-state index contributed by atoms with van der Waals surface area (Å²) in [7, 11) is -0.767. The highest BCUT2D eigenvalue weighted by Gasteiger charge is 2.19. The SMILES string of the molecule is CCCn1nnnc1COC(=O)c1cccc(S(=O)(=O)N(C)C)c1. The largest absolute Gasteiger partial charge is 0.454 e. The molecule has 24 heavy (non-hydrogen) atoms. The summed E-state index contributed by atoms with van der Waals surface area (Å²) < 4.78 is 32.0. The molecule has 0 aliphatic carbocycles.